The first-order valence-electron chi connectivity index (χ1n) is 6.37. The van der Waals surface area contributed by atoms with Crippen LogP contribution in [0.1, 0.15) is 11.1 Å². The zero-order chi connectivity index (χ0) is 15.2. The molecule has 6 heteroatoms. The maximum absolute atomic E-state index is 10.7. The van der Waals surface area contributed by atoms with Gasteiger partial charge in [-0.05, 0) is 36.8 Å². The minimum absolute atomic E-state index is 0.456. The van der Waals surface area contributed by atoms with Crippen LogP contribution in [0.4, 0.5) is 0 Å². The van der Waals surface area contributed by atoms with Crippen LogP contribution in [0.3, 0.4) is 0 Å². The minimum atomic E-state index is -0.991. The van der Waals surface area contributed by atoms with Crippen LogP contribution in [0.25, 0.3) is 6.08 Å². The molecule has 0 atom stereocenters. The number of ether oxygens (including phenoxy) is 1. The van der Waals surface area contributed by atoms with Crippen molar-refractivity contribution in [1.29, 1.82) is 0 Å². The summed E-state index contributed by atoms with van der Waals surface area (Å²) in [5.74, 6) is -0.307. The standard InChI is InChI=1S/C15H15BrN2O3/c1-11-9-13(16)10-12(3-4-14(19)20)15(11)21-8-7-18-6-2-5-17-18/h2-6,9-10H,7-8H2,1H3,(H,19,20)/b4-3+. The van der Waals surface area contributed by atoms with E-state index in [-0.39, 0.29) is 0 Å². The zero-order valence-corrected chi connectivity index (χ0v) is 13.1. The number of rotatable bonds is 6. The third-order valence-electron chi connectivity index (χ3n) is 2.80. The monoisotopic (exact) mass is 350 g/mol. The van der Waals surface area contributed by atoms with Gasteiger partial charge in [0.2, 0.25) is 0 Å². The molecule has 0 aliphatic heterocycles. The molecule has 2 rings (SSSR count). The predicted octanol–water partition coefficient (Wildman–Crippen LogP) is 3.13. The maximum atomic E-state index is 10.7. The number of carbonyl (C=O) groups is 1. The van der Waals surface area contributed by atoms with Crippen molar-refractivity contribution in [2.45, 2.75) is 13.5 Å². The molecule has 2 aromatic rings. The largest absolute Gasteiger partial charge is 0.491 e. The van der Waals surface area contributed by atoms with E-state index in [1.54, 1.807) is 10.9 Å². The second-order valence-electron chi connectivity index (χ2n) is 4.43. The van der Waals surface area contributed by atoms with Crippen molar-refractivity contribution in [3.05, 3.63) is 52.3 Å². The molecule has 0 saturated heterocycles. The number of carboxylic acid groups (broad SMARTS) is 1. The van der Waals surface area contributed by atoms with E-state index in [1.165, 1.54) is 6.08 Å². The van der Waals surface area contributed by atoms with Crippen LogP contribution in [-0.2, 0) is 11.3 Å². The molecule has 1 aromatic carbocycles. The fraction of sp³-hybridized carbons (Fsp3) is 0.200. The summed E-state index contributed by atoms with van der Waals surface area (Å²) in [4.78, 5) is 10.7. The molecule has 21 heavy (non-hydrogen) atoms. The van der Waals surface area contributed by atoms with Crippen LogP contribution in [0.5, 0.6) is 5.75 Å². The molecule has 0 bridgehead atoms. The van der Waals surface area contributed by atoms with E-state index in [0.717, 1.165) is 21.7 Å². The van der Waals surface area contributed by atoms with Crippen LogP contribution < -0.4 is 4.74 Å². The van der Waals surface area contributed by atoms with E-state index in [9.17, 15) is 4.79 Å². The summed E-state index contributed by atoms with van der Waals surface area (Å²) >= 11 is 3.40. The lowest BCUT2D eigenvalue weighted by molar-refractivity contribution is -0.131. The van der Waals surface area contributed by atoms with Crippen molar-refractivity contribution in [2.24, 2.45) is 0 Å². The van der Waals surface area contributed by atoms with Crippen molar-refractivity contribution in [1.82, 2.24) is 9.78 Å². The lowest BCUT2D eigenvalue weighted by Crippen LogP contribution is -2.09. The third kappa shape index (κ3) is 4.46. The van der Waals surface area contributed by atoms with Gasteiger partial charge in [0, 0.05) is 28.5 Å². The van der Waals surface area contributed by atoms with Crippen LogP contribution >= 0.6 is 15.9 Å². The number of hydrogen-bond donors (Lipinski definition) is 1. The van der Waals surface area contributed by atoms with Gasteiger partial charge >= 0.3 is 5.97 Å². The maximum Gasteiger partial charge on any atom is 0.328 e. The highest BCUT2D eigenvalue weighted by Crippen LogP contribution is 2.29. The molecule has 1 N–H and O–H groups in total. The van der Waals surface area contributed by atoms with E-state index < -0.39 is 5.97 Å². The number of halogens is 1. The van der Waals surface area contributed by atoms with Gasteiger partial charge in [0.1, 0.15) is 12.4 Å². The number of hydrogen-bond acceptors (Lipinski definition) is 3. The number of aryl methyl sites for hydroxylation is 1. The Morgan fingerprint density at radius 2 is 2.33 bits per heavy atom. The molecule has 0 amide bonds. The second-order valence-corrected chi connectivity index (χ2v) is 5.35. The topological polar surface area (TPSA) is 64.3 Å². The normalized spacial score (nSPS) is 11.0. The van der Waals surface area contributed by atoms with Crippen molar-refractivity contribution in [2.75, 3.05) is 6.61 Å². The highest BCUT2D eigenvalue weighted by molar-refractivity contribution is 9.10. The van der Waals surface area contributed by atoms with Crippen molar-refractivity contribution < 1.29 is 14.6 Å². The molecule has 5 nitrogen and oxygen atoms in total. The van der Waals surface area contributed by atoms with Gasteiger partial charge in [-0.2, -0.15) is 5.10 Å². The summed E-state index contributed by atoms with van der Waals surface area (Å²) in [6.45, 7) is 3.01. The molecule has 1 aromatic heterocycles. The van der Waals surface area contributed by atoms with Crippen LogP contribution in [0.2, 0.25) is 0 Å². The number of carboxylic acids is 1. The number of aromatic nitrogens is 2. The molecule has 0 spiro atoms. The number of nitrogens with zero attached hydrogens (tertiary/aromatic N) is 2. The molecule has 0 saturated carbocycles. The van der Waals surface area contributed by atoms with Gasteiger partial charge in [-0.25, -0.2) is 4.79 Å². The molecular weight excluding hydrogens is 336 g/mol. The fourth-order valence-corrected chi connectivity index (χ4v) is 2.50. The van der Waals surface area contributed by atoms with Crippen molar-refractivity contribution >= 4 is 28.0 Å². The van der Waals surface area contributed by atoms with Gasteiger partial charge in [0.05, 0.1) is 6.54 Å². The summed E-state index contributed by atoms with van der Waals surface area (Å²) in [6.07, 6.45) is 6.21. The Morgan fingerprint density at radius 3 is 3.00 bits per heavy atom. The molecule has 0 fully saturated rings. The summed E-state index contributed by atoms with van der Waals surface area (Å²) in [6, 6.07) is 5.61. The summed E-state index contributed by atoms with van der Waals surface area (Å²) < 4.78 is 8.46. The quantitative estimate of drug-likeness (QED) is 0.813. The first kappa shape index (κ1) is 15.3. The van der Waals surface area contributed by atoms with Crippen molar-refractivity contribution in [3.63, 3.8) is 0 Å². The highest BCUT2D eigenvalue weighted by atomic mass is 79.9. The van der Waals surface area contributed by atoms with Crippen molar-refractivity contribution in [3.8, 4) is 5.75 Å². The summed E-state index contributed by atoms with van der Waals surface area (Å²) in [5.41, 5.74) is 1.67. The van der Waals surface area contributed by atoms with Crippen LogP contribution in [0, 0.1) is 6.92 Å². The molecule has 1 heterocycles. The average molecular weight is 351 g/mol. The van der Waals surface area contributed by atoms with Gasteiger partial charge in [0.25, 0.3) is 0 Å². The Hall–Kier alpha value is -2.08. The highest BCUT2D eigenvalue weighted by Gasteiger charge is 2.08. The molecule has 0 unspecified atom stereocenters. The van der Waals surface area contributed by atoms with Gasteiger partial charge in [-0.15, -0.1) is 0 Å². The van der Waals surface area contributed by atoms with Crippen LogP contribution in [-0.4, -0.2) is 27.5 Å². The van der Waals surface area contributed by atoms with Gasteiger partial charge in [-0.1, -0.05) is 15.9 Å². The van der Waals surface area contributed by atoms with E-state index in [1.807, 2.05) is 31.3 Å². The Kier molecular flexibility index (Phi) is 5.16. The van der Waals surface area contributed by atoms with Gasteiger partial charge < -0.3 is 9.84 Å². The minimum Gasteiger partial charge on any atom is -0.491 e. The Labute approximate surface area is 131 Å². The molecule has 0 radical (unpaired) electrons. The smallest absolute Gasteiger partial charge is 0.328 e. The average Bonchev–Trinajstić information content (AvgIpc) is 2.92. The van der Waals surface area contributed by atoms with E-state index in [4.69, 9.17) is 9.84 Å². The summed E-state index contributed by atoms with van der Waals surface area (Å²) in [7, 11) is 0. The molecular formula is C15H15BrN2O3. The SMILES string of the molecule is Cc1cc(Br)cc(/C=C/C(=O)O)c1OCCn1cccn1. The third-order valence-corrected chi connectivity index (χ3v) is 3.26. The molecule has 110 valence electrons. The first-order valence-corrected chi connectivity index (χ1v) is 7.17. The van der Waals surface area contributed by atoms with Crippen LogP contribution in [0.15, 0.2) is 41.1 Å². The van der Waals surface area contributed by atoms with Gasteiger partial charge in [-0.3, -0.25) is 4.68 Å². The van der Waals surface area contributed by atoms with E-state index in [2.05, 4.69) is 21.0 Å². The predicted molar refractivity (Wildman–Crippen MR) is 83.3 cm³/mol. The lowest BCUT2D eigenvalue weighted by atomic mass is 10.1. The van der Waals surface area contributed by atoms with E-state index >= 15 is 0 Å². The second kappa shape index (κ2) is 7.08. The molecule has 0 aliphatic carbocycles. The van der Waals surface area contributed by atoms with E-state index in [0.29, 0.717) is 18.9 Å². The number of benzene rings is 1. The zero-order valence-electron chi connectivity index (χ0n) is 11.5. The molecule has 0 aliphatic rings. The Bertz CT molecular complexity index is 651. The summed E-state index contributed by atoms with van der Waals surface area (Å²) in [5, 5.41) is 12.9. The first-order chi connectivity index (χ1) is 10.1. The number of aliphatic carboxylic acids is 1. The van der Waals surface area contributed by atoms with Gasteiger partial charge in [0.15, 0.2) is 0 Å². The fourth-order valence-electron chi connectivity index (χ4n) is 1.91. The lowest BCUT2D eigenvalue weighted by Gasteiger charge is -2.13. The Morgan fingerprint density at radius 1 is 1.52 bits per heavy atom. The Balaban J connectivity index is 2.14.